The van der Waals surface area contributed by atoms with Crippen molar-refractivity contribution in [3.8, 4) is 5.69 Å². The monoisotopic (exact) mass is 753 g/mol. The van der Waals surface area contributed by atoms with Gasteiger partial charge in [0.25, 0.3) is 0 Å². The second-order valence-corrected chi connectivity index (χ2v) is 21.2. The molecule has 0 unspecified atom stereocenters. The lowest BCUT2D eigenvalue weighted by Crippen LogP contribution is -2.48. The Morgan fingerprint density at radius 2 is 0.936 bits per heavy atom. The molecular weight excluding hydrogens is 702 g/mol. The SMILES string of the molecule is CC1(C)CCC(C)(C)c2c1cc1c3cc4c(c(Br)c3n(-c3ccc(C56CC7CC(CC(C7)C5)C6)cc3)c1c2Br)C(C)(C)CCC4(C)C. The van der Waals surface area contributed by atoms with Crippen LogP contribution in [0.5, 0.6) is 0 Å². The van der Waals surface area contributed by atoms with Crippen LogP contribution >= 0.6 is 31.9 Å². The van der Waals surface area contributed by atoms with Crippen molar-refractivity contribution in [3.63, 3.8) is 0 Å². The Hall–Kier alpha value is -1.58. The van der Waals surface area contributed by atoms with Crippen molar-refractivity contribution in [1.82, 2.24) is 4.57 Å². The lowest BCUT2D eigenvalue weighted by Gasteiger charge is -2.57. The normalized spacial score (nSPS) is 30.9. The molecule has 0 saturated heterocycles. The first-order valence-electron chi connectivity index (χ1n) is 18.7. The van der Waals surface area contributed by atoms with E-state index in [-0.39, 0.29) is 21.7 Å². The molecule has 3 aromatic carbocycles. The molecule has 6 aliphatic rings. The lowest BCUT2D eigenvalue weighted by molar-refractivity contribution is -0.00518. The number of rotatable bonds is 2. The predicted octanol–water partition coefficient (Wildman–Crippen LogP) is 13.5. The van der Waals surface area contributed by atoms with Crippen LogP contribution in [-0.4, -0.2) is 4.57 Å². The summed E-state index contributed by atoms with van der Waals surface area (Å²) >= 11 is 8.72. The van der Waals surface area contributed by atoms with Crippen LogP contribution in [0, 0.1) is 17.8 Å². The fraction of sp³-hybridized carbons (Fsp3) is 0.591. The molecule has 1 aromatic heterocycles. The van der Waals surface area contributed by atoms with E-state index in [1.807, 2.05) is 0 Å². The maximum atomic E-state index is 4.36. The first kappa shape index (κ1) is 31.4. The molecule has 10 rings (SSSR count). The van der Waals surface area contributed by atoms with Crippen molar-refractivity contribution in [3.05, 3.63) is 73.2 Å². The second kappa shape index (κ2) is 9.80. The van der Waals surface area contributed by atoms with Crippen molar-refractivity contribution < 1.29 is 0 Å². The molecule has 3 heteroatoms. The molecule has 0 aliphatic heterocycles. The zero-order chi connectivity index (χ0) is 33.1. The number of hydrogen-bond acceptors (Lipinski definition) is 0. The minimum Gasteiger partial charge on any atom is -0.307 e. The van der Waals surface area contributed by atoms with Gasteiger partial charge < -0.3 is 4.57 Å². The van der Waals surface area contributed by atoms with Gasteiger partial charge in [-0.2, -0.15) is 0 Å². The summed E-state index contributed by atoms with van der Waals surface area (Å²) in [4.78, 5) is 0. The third kappa shape index (κ3) is 4.36. The van der Waals surface area contributed by atoms with Crippen LogP contribution < -0.4 is 0 Å². The largest absolute Gasteiger partial charge is 0.307 e. The molecule has 0 atom stereocenters. The molecule has 6 aliphatic carbocycles. The van der Waals surface area contributed by atoms with Crippen LogP contribution in [0.3, 0.4) is 0 Å². The van der Waals surface area contributed by atoms with Crippen LogP contribution in [-0.2, 0) is 27.1 Å². The van der Waals surface area contributed by atoms with Crippen LogP contribution in [0.25, 0.3) is 27.5 Å². The van der Waals surface area contributed by atoms with Gasteiger partial charge in [-0.3, -0.25) is 0 Å². The standard InChI is InChI=1S/C44H53Br2N/c1-40(2)13-15-42(5,6)34-32(40)20-30-31-21-33-35(43(7,8)16-14-41(33,3)4)37(46)39(31)47(38(30)36(34)45)29-11-9-28(10-12-29)44-22-25-17-26(23-44)19-27(18-25)24-44/h9-12,20-21,25-27H,13-19,22-24H2,1-8H3. The zero-order valence-electron chi connectivity index (χ0n) is 30.0. The van der Waals surface area contributed by atoms with Crippen molar-refractivity contribution >= 4 is 53.7 Å². The Labute approximate surface area is 299 Å². The van der Waals surface area contributed by atoms with E-state index >= 15 is 0 Å². The number of aromatic nitrogens is 1. The average Bonchev–Trinajstić information content (AvgIpc) is 3.32. The van der Waals surface area contributed by atoms with Gasteiger partial charge in [0.15, 0.2) is 0 Å². The summed E-state index contributed by atoms with van der Waals surface area (Å²) in [5, 5.41) is 2.79. The quantitative estimate of drug-likeness (QED) is 0.192. The zero-order valence-corrected chi connectivity index (χ0v) is 33.1. The fourth-order valence-electron chi connectivity index (χ4n) is 12.1. The third-order valence-electron chi connectivity index (χ3n) is 14.6. The summed E-state index contributed by atoms with van der Waals surface area (Å²) in [6.07, 6.45) is 13.6. The maximum Gasteiger partial charge on any atom is 0.0686 e. The van der Waals surface area contributed by atoms with Gasteiger partial charge in [0, 0.05) is 25.4 Å². The summed E-state index contributed by atoms with van der Waals surface area (Å²) in [5.41, 5.74) is 12.6. The molecular formula is C44H53Br2N. The Morgan fingerprint density at radius 1 is 0.553 bits per heavy atom. The van der Waals surface area contributed by atoms with E-state index in [1.165, 1.54) is 123 Å². The minimum atomic E-state index is 0.113. The predicted molar refractivity (Wildman–Crippen MR) is 207 cm³/mol. The van der Waals surface area contributed by atoms with E-state index in [1.54, 1.807) is 5.56 Å². The van der Waals surface area contributed by atoms with E-state index < -0.39 is 0 Å². The molecule has 4 bridgehead atoms. The Bertz CT molecular complexity index is 1850. The highest BCUT2D eigenvalue weighted by Gasteiger charge is 2.51. The molecule has 0 spiro atoms. The van der Waals surface area contributed by atoms with E-state index in [0.29, 0.717) is 5.41 Å². The minimum absolute atomic E-state index is 0.113. The van der Waals surface area contributed by atoms with Crippen LogP contribution in [0.4, 0.5) is 0 Å². The summed E-state index contributed by atoms with van der Waals surface area (Å²) in [6.45, 7) is 19.7. The van der Waals surface area contributed by atoms with Gasteiger partial charge >= 0.3 is 0 Å². The van der Waals surface area contributed by atoms with Gasteiger partial charge in [0.2, 0.25) is 0 Å². The van der Waals surface area contributed by atoms with E-state index in [4.69, 9.17) is 0 Å². The van der Waals surface area contributed by atoms with E-state index in [9.17, 15) is 0 Å². The second-order valence-electron chi connectivity index (χ2n) is 19.6. The van der Waals surface area contributed by atoms with Crippen molar-refractivity contribution in [2.24, 2.45) is 17.8 Å². The van der Waals surface area contributed by atoms with Crippen LogP contribution in [0.1, 0.15) is 147 Å². The topological polar surface area (TPSA) is 4.93 Å². The van der Waals surface area contributed by atoms with E-state index in [0.717, 1.165) is 17.8 Å². The van der Waals surface area contributed by atoms with Crippen LogP contribution in [0.2, 0.25) is 0 Å². The smallest absolute Gasteiger partial charge is 0.0686 e. The first-order chi connectivity index (χ1) is 22.0. The van der Waals surface area contributed by atoms with Crippen molar-refractivity contribution in [2.45, 2.75) is 147 Å². The molecule has 4 fully saturated rings. The molecule has 0 radical (unpaired) electrons. The third-order valence-corrected chi connectivity index (χ3v) is 16.1. The molecule has 1 nitrogen and oxygen atoms in total. The molecule has 4 saturated carbocycles. The number of fused-ring (bicyclic) bond motifs is 5. The van der Waals surface area contributed by atoms with Gasteiger partial charge in [0.05, 0.1) is 11.0 Å². The summed E-state index contributed by atoms with van der Waals surface area (Å²) < 4.78 is 5.23. The molecule has 0 amide bonds. The van der Waals surface area contributed by atoms with E-state index in [2.05, 4.69) is 128 Å². The molecule has 1 heterocycles. The first-order valence-corrected chi connectivity index (χ1v) is 20.3. The molecule has 0 N–H and O–H groups in total. The summed E-state index contributed by atoms with van der Waals surface area (Å²) in [7, 11) is 0. The fourth-order valence-corrected chi connectivity index (χ4v) is 14.4. The van der Waals surface area contributed by atoms with Gasteiger partial charge in [0.1, 0.15) is 0 Å². The highest BCUT2D eigenvalue weighted by molar-refractivity contribution is 9.11. The lowest BCUT2D eigenvalue weighted by atomic mass is 9.48. The Kier molecular flexibility index (Phi) is 6.55. The van der Waals surface area contributed by atoms with Crippen LogP contribution in [0.15, 0.2) is 45.3 Å². The summed E-state index contributed by atoms with van der Waals surface area (Å²) in [5.74, 6) is 2.88. The number of nitrogens with zero attached hydrogens (tertiary/aromatic N) is 1. The molecule has 47 heavy (non-hydrogen) atoms. The van der Waals surface area contributed by atoms with Gasteiger partial charge in [-0.15, -0.1) is 0 Å². The Morgan fingerprint density at radius 3 is 1.34 bits per heavy atom. The molecule has 248 valence electrons. The van der Waals surface area contributed by atoms with Gasteiger partial charge in [-0.1, -0.05) is 67.5 Å². The number of hydrogen-bond donors (Lipinski definition) is 0. The van der Waals surface area contributed by atoms with Gasteiger partial charge in [-0.05, 0) is 193 Å². The summed E-state index contributed by atoms with van der Waals surface area (Å²) in [6, 6.07) is 15.3. The van der Waals surface area contributed by atoms with Gasteiger partial charge in [-0.25, -0.2) is 0 Å². The number of benzene rings is 3. The molecule has 4 aromatic rings. The van der Waals surface area contributed by atoms with Crippen molar-refractivity contribution in [2.75, 3.05) is 0 Å². The highest BCUT2D eigenvalue weighted by Crippen LogP contribution is 2.61. The highest BCUT2D eigenvalue weighted by atomic mass is 79.9. The maximum absolute atomic E-state index is 4.36. The average molecular weight is 756 g/mol. The van der Waals surface area contributed by atoms with Crippen molar-refractivity contribution in [1.29, 1.82) is 0 Å². The Balaban J connectivity index is 1.34. The number of halogens is 2.